The van der Waals surface area contributed by atoms with E-state index in [1.165, 1.54) is 5.56 Å². The molecular weight excluding hydrogens is 224 g/mol. The normalized spacial score (nSPS) is 14.0. The van der Waals surface area contributed by atoms with Gasteiger partial charge < -0.3 is 11.1 Å². The number of carbonyl (C=O) groups excluding carboxylic acids is 1. The van der Waals surface area contributed by atoms with Crippen LogP contribution < -0.4 is 11.1 Å². The van der Waals surface area contributed by atoms with Crippen LogP contribution >= 0.6 is 0 Å². The highest BCUT2D eigenvalue weighted by molar-refractivity contribution is 5.81. The molecule has 1 aromatic carbocycles. The highest BCUT2D eigenvalue weighted by Crippen LogP contribution is 2.14. The predicted molar refractivity (Wildman–Crippen MR) is 75.3 cm³/mol. The number of aryl methyl sites for hydroxylation is 1. The third kappa shape index (κ3) is 4.15. The fourth-order valence-electron chi connectivity index (χ4n) is 1.89. The Bertz CT molecular complexity index is 373. The number of carbonyl (C=O) groups is 1. The van der Waals surface area contributed by atoms with Crippen LogP contribution in [0.5, 0.6) is 0 Å². The van der Waals surface area contributed by atoms with Crippen LogP contribution in [0.3, 0.4) is 0 Å². The van der Waals surface area contributed by atoms with E-state index in [0.717, 1.165) is 24.8 Å². The summed E-state index contributed by atoms with van der Waals surface area (Å²) < 4.78 is 0. The van der Waals surface area contributed by atoms with Gasteiger partial charge in [-0.3, -0.25) is 4.79 Å². The summed E-state index contributed by atoms with van der Waals surface area (Å²) in [6, 6.07) is 7.94. The minimum absolute atomic E-state index is 0.00584. The summed E-state index contributed by atoms with van der Waals surface area (Å²) in [6.07, 6.45) is 2.68. The maximum absolute atomic E-state index is 11.8. The topological polar surface area (TPSA) is 55.1 Å². The molecule has 0 aliphatic carbocycles. The van der Waals surface area contributed by atoms with Crippen molar-refractivity contribution in [3.05, 3.63) is 35.4 Å². The van der Waals surface area contributed by atoms with Crippen molar-refractivity contribution in [3.8, 4) is 0 Å². The second-order valence-corrected chi connectivity index (χ2v) is 4.72. The molecule has 3 heteroatoms. The third-order valence-corrected chi connectivity index (χ3v) is 3.18. The minimum Gasteiger partial charge on any atom is -0.348 e. The average Bonchev–Trinajstić information content (AvgIpc) is 2.39. The van der Waals surface area contributed by atoms with E-state index in [1.807, 2.05) is 13.8 Å². The fraction of sp³-hybridized carbons (Fsp3) is 0.533. The Morgan fingerprint density at radius 1 is 1.28 bits per heavy atom. The first kappa shape index (κ1) is 14.7. The largest absolute Gasteiger partial charge is 0.348 e. The zero-order valence-electron chi connectivity index (χ0n) is 11.6. The maximum Gasteiger partial charge on any atom is 0.237 e. The molecular formula is C15H24N2O. The van der Waals surface area contributed by atoms with Crippen LogP contribution in [0.4, 0.5) is 0 Å². The molecule has 0 heterocycles. The van der Waals surface area contributed by atoms with Crippen molar-refractivity contribution >= 4 is 5.91 Å². The number of hydrogen-bond donors (Lipinski definition) is 2. The first-order chi connectivity index (χ1) is 8.58. The lowest BCUT2D eigenvalue weighted by molar-refractivity contribution is -0.123. The molecule has 0 aliphatic heterocycles. The molecule has 2 atom stereocenters. The van der Waals surface area contributed by atoms with Crippen molar-refractivity contribution in [2.75, 3.05) is 0 Å². The fourth-order valence-corrected chi connectivity index (χ4v) is 1.89. The first-order valence-corrected chi connectivity index (χ1v) is 6.73. The van der Waals surface area contributed by atoms with Gasteiger partial charge in [0.2, 0.25) is 5.91 Å². The quantitative estimate of drug-likeness (QED) is 0.813. The van der Waals surface area contributed by atoms with Gasteiger partial charge in [0.05, 0.1) is 12.1 Å². The van der Waals surface area contributed by atoms with Gasteiger partial charge in [0.15, 0.2) is 0 Å². The second-order valence-electron chi connectivity index (χ2n) is 4.72. The number of hydrogen-bond acceptors (Lipinski definition) is 2. The Kier molecular flexibility index (Phi) is 5.86. The molecule has 0 radical (unpaired) electrons. The van der Waals surface area contributed by atoms with Gasteiger partial charge in [0.1, 0.15) is 0 Å². The molecule has 0 spiro atoms. The smallest absolute Gasteiger partial charge is 0.237 e. The van der Waals surface area contributed by atoms with E-state index < -0.39 is 6.04 Å². The van der Waals surface area contributed by atoms with E-state index in [0.29, 0.717) is 0 Å². The first-order valence-electron chi connectivity index (χ1n) is 6.73. The lowest BCUT2D eigenvalue weighted by Crippen LogP contribution is -2.41. The van der Waals surface area contributed by atoms with Gasteiger partial charge >= 0.3 is 0 Å². The summed E-state index contributed by atoms with van der Waals surface area (Å²) in [5.41, 5.74) is 8.21. The van der Waals surface area contributed by atoms with E-state index in [1.54, 1.807) is 0 Å². The number of nitrogens with two attached hydrogens (primary N) is 1. The molecule has 1 rings (SSSR count). The molecule has 0 bridgehead atoms. The Labute approximate surface area is 110 Å². The molecule has 2 unspecified atom stereocenters. The molecule has 18 heavy (non-hydrogen) atoms. The van der Waals surface area contributed by atoms with Crippen molar-refractivity contribution in [2.45, 2.75) is 52.1 Å². The third-order valence-electron chi connectivity index (χ3n) is 3.18. The number of nitrogens with one attached hydrogen (secondary N) is 1. The molecule has 1 amide bonds. The van der Waals surface area contributed by atoms with E-state index >= 15 is 0 Å². The van der Waals surface area contributed by atoms with E-state index in [2.05, 4.69) is 36.5 Å². The van der Waals surface area contributed by atoms with Crippen molar-refractivity contribution in [2.24, 2.45) is 5.73 Å². The van der Waals surface area contributed by atoms with Crippen LogP contribution in [0.1, 0.15) is 50.8 Å². The van der Waals surface area contributed by atoms with Gasteiger partial charge in [0, 0.05) is 0 Å². The monoisotopic (exact) mass is 248 g/mol. The van der Waals surface area contributed by atoms with Gasteiger partial charge in [-0.05, 0) is 30.9 Å². The molecule has 0 saturated heterocycles. The lowest BCUT2D eigenvalue weighted by Gasteiger charge is -2.17. The Morgan fingerprint density at radius 2 is 1.89 bits per heavy atom. The van der Waals surface area contributed by atoms with Crippen LogP contribution in [0.2, 0.25) is 0 Å². The second kappa shape index (κ2) is 7.17. The average molecular weight is 248 g/mol. The van der Waals surface area contributed by atoms with E-state index in [9.17, 15) is 4.79 Å². The molecule has 1 aromatic rings. The summed E-state index contributed by atoms with van der Waals surface area (Å²) in [4.78, 5) is 11.8. The summed E-state index contributed by atoms with van der Waals surface area (Å²) in [7, 11) is 0. The number of rotatable bonds is 6. The van der Waals surface area contributed by atoms with Crippen molar-refractivity contribution < 1.29 is 4.79 Å². The SMILES string of the molecule is CCCC(N)C(=O)NC(C)c1ccc(CC)cc1. The van der Waals surface area contributed by atoms with Gasteiger partial charge in [-0.25, -0.2) is 0 Å². The molecule has 3 N–H and O–H groups in total. The summed E-state index contributed by atoms with van der Waals surface area (Å²) in [5.74, 6) is -0.0658. The Hall–Kier alpha value is -1.35. The van der Waals surface area contributed by atoms with Gasteiger partial charge in [0.25, 0.3) is 0 Å². The summed E-state index contributed by atoms with van der Waals surface area (Å²) in [6.45, 7) is 6.14. The lowest BCUT2D eigenvalue weighted by atomic mass is 10.0. The highest BCUT2D eigenvalue weighted by Gasteiger charge is 2.15. The highest BCUT2D eigenvalue weighted by atomic mass is 16.2. The van der Waals surface area contributed by atoms with Gasteiger partial charge in [-0.15, -0.1) is 0 Å². The Balaban J connectivity index is 2.58. The van der Waals surface area contributed by atoms with Crippen molar-refractivity contribution in [1.82, 2.24) is 5.32 Å². The van der Waals surface area contributed by atoms with Crippen LogP contribution in [0.25, 0.3) is 0 Å². The van der Waals surface area contributed by atoms with Gasteiger partial charge in [-0.2, -0.15) is 0 Å². The van der Waals surface area contributed by atoms with Crippen LogP contribution in [0, 0.1) is 0 Å². The zero-order valence-corrected chi connectivity index (χ0v) is 11.6. The van der Waals surface area contributed by atoms with E-state index in [-0.39, 0.29) is 11.9 Å². The molecule has 3 nitrogen and oxygen atoms in total. The van der Waals surface area contributed by atoms with E-state index in [4.69, 9.17) is 5.73 Å². The molecule has 100 valence electrons. The standard InChI is InChI=1S/C15H24N2O/c1-4-6-14(16)15(18)17-11(3)13-9-7-12(5-2)8-10-13/h7-11,14H,4-6,16H2,1-3H3,(H,17,18). The molecule has 0 saturated carbocycles. The Morgan fingerprint density at radius 3 is 2.39 bits per heavy atom. The van der Waals surface area contributed by atoms with Gasteiger partial charge in [-0.1, -0.05) is 44.5 Å². The van der Waals surface area contributed by atoms with Crippen LogP contribution in [0.15, 0.2) is 24.3 Å². The summed E-state index contributed by atoms with van der Waals surface area (Å²) in [5, 5.41) is 2.95. The maximum atomic E-state index is 11.8. The number of amides is 1. The molecule has 0 aliphatic rings. The zero-order chi connectivity index (χ0) is 13.5. The van der Waals surface area contributed by atoms with Crippen LogP contribution in [-0.2, 0) is 11.2 Å². The summed E-state index contributed by atoms with van der Waals surface area (Å²) >= 11 is 0. The predicted octanol–water partition coefficient (Wildman–Crippen LogP) is 2.55. The molecule has 0 aromatic heterocycles. The van der Waals surface area contributed by atoms with Crippen molar-refractivity contribution in [1.29, 1.82) is 0 Å². The number of benzene rings is 1. The minimum atomic E-state index is -0.396. The molecule has 0 fully saturated rings. The van der Waals surface area contributed by atoms with Crippen molar-refractivity contribution in [3.63, 3.8) is 0 Å². The van der Waals surface area contributed by atoms with Crippen LogP contribution in [-0.4, -0.2) is 11.9 Å².